The van der Waals surface area contributed by atoms with Crippen LogP contribution in [0.1, 0.15) is 24.8 Å². The molecule has 2 aromatic rings. The van der Waals surface area contributed by atoms with Gasteiger partial charge in [0, 0.05) is 16.6 Å². The molecule has 4 heteroatoms. The maximum Gasteiger partial charge on any atom is 0.135 e. The van der Waals surface area contributed by atoms with Gasteiger partial charge in [0.25, 0.3) is 0 Å². The van der Waals surface area contributed by atoms with Crippen LogP contribution in [0.3, 0.4) is 0 Å². The van der Waals surface area contributed by atoms with E-state index in [0.29, 0.717) is 12.0 Å². The fourth-order valence-corrected chi connectivity index (χ4v) is 3.32. The fourth-order valence-electron chi connectivity index (χ4n) is 1.96. The smallest absolute Gasteiger partial charge is 0.135 e. The number of hydrogen-bond acceptors (Lipinski definition) is 3. The molecule has 2 nitrogen and oxygen atoms in total. The highest BCUT2D eigenvalue weighted by Gasteiger charge is 2.17. The summed E-state index contributed by atoms with van der Waals surface area (Å²) in [5.74, 6) is 1.37. The van der Waals surface area contributed by atoms with Crippen molar-refractivity contribution in [2.24, 2.45) is 5.92 Å². The molecule has 0 fully saturated rings. The van der Waals surface area contributed by atoms with Gasteiger partial charge in [-0.15, -0.1) is 11.3 Å². The molecular weight excluding hydrogens is 322 g/mol. The van der Waals surface area contributed by atoms with Crippen LogP contribution in [0.2, 0.25) is 0 Å². The molecule has 0 aliphatic carbocycles. The molecule has 102 valence electrons. The van der Waals surface area contributed by atoms with Crippen LogP contribution in [0.5, 0.6) is 5.75 Å². The van der Waals surface area contributed by atoms with Crippen molar-refractivity contribution in [3.63, 3.8) is 0 Å². The molecule has 1 aromatic heterocycles. The van der Waals surface area contributed by atoms with Gasteiger partial charge in [0.2, 0.25) is 0 Å². The maximum atomic E-state index is 5.33. The minimum Gasteiger partial charge on any atom is -0.495 e. The lowest BCUT2D eigenvalue weighted by atomic mass is 10.0. The second kappa shape index (κ2) is 6.44. The number of benzene rings is 1. The van der Waals surface area contributed by atoms with Crippen molar-refractivity contribution in [2.45, 2.75) is 19.9 Å². The predicted octanol–water partition coefficient (Wildman–Crippen LogP) is 5.33. The van der Waals surface area contributed by atoms with Crippen molar-refractivity contribution in [3.05, 3.63) is 45.1 Å². The van der Waals surface area contributed by atoms with Crippen LogP contribution in [0, 0.1) is 5.92 Å². The molecule has 0 amide bonds. The fraction of sp³-hybridized carbons (Fsp3) is 0.333. The monoisotopic (exact) mass is 339 g/mol. The maximum absolute atomic E-state index is 5.33. The summed E-state index contributed by atoms with van der Waals surface area (Å²) in [7, 11) is 1.68. The van der Waals surface area contributed by atoms with Crippen LogP contribution in [0.25, 0.3) is 0 Å². The Kier molecular flexibility index (Phi) is 4.88. The molecule has 2 rings (SSSR count). The summed E-state index contributed by atoms with van der Waals surface area (Å²) in [4.78, 5) is 1.36. The van der Waals surface area contributed by atoms with Crippen molar-refractivity contribution < 1.29 is 4.74 Å². The summed E-state index contributed by atoms with van der Waals surface area (Å²) in [5, 5.41) is 5.71. The highest BCUT2D eigenvalue weighted by molar-refractivity contribution is 9.10. The second-order valence-corrected chi connectivity index (χ2v) is 6.56. The van der Waals surface area contributed by atoms with Gasteiger partial charge in [-0.3, -0.25) is 0 Å². The Labute approximate surface area is 126 Å². The number of rotatable bonds is 5. The zero-order valence-electron chi connectivity index (χ0n) is 11.3. The van der Waals surface area contributed by atoms with E-state index in [9.17, 15) is 0 Å². The third-order valence-corrected chi connectivity index (χ3v) is 4.60. The molecule has 0 saturated carbocycles. The van der Waals surface area contributed by atoms with E-state index in [1.54, 1.807) is 18.4 Å². The summed E-state index contributed by atoms with van der Waals surface area (Å²) < 4.78 is 6.30. The summed E-state index contributed by atoms with van der Waals surface area (Å²) in [6.07, 6.45) is 0. The van der Waals surface area contributed by atoms with Crippen LogP contribution < -0.4 is 10.1 Å². The first-order valence-electron chi connectivity index (χ1n) is 6.25. The van der Waals surface area contributed by atoms with E-state index >= 15 is 0 Å². The second-order valence-electron chi connectivity index (χ2n) is 4.73. The zero-order chi connectivity index (χ0) is 13.8. The molecule has 0 spiro atoms. The SMILES string of the molecule is COc1cc(NC(c2cccs2)C(C)C)ccc1Br. The third-order valence-electron chi connectivity index (χ3n) is 2.99. The minimum atomic E-state index is 0.325. The van der Waals surface area contributed by atoms with Gasteiger partial charge in [0.1, 0.15) is 5.75 Å². The molecule has 1 aromatic carbocycles. The van der Waals surface area contributed by atoms with Crippen LogP contribution in [-0.2, 0) is 0 Å². The Morgan fingerprint density at radius 1 is 1.26 bits per heavy atom. The average molecular weight is 340 g/mol. The van der Waals surface area contributed by atoms with Crippen molar-refractivity contribution in [3.8, 4) is 5.75 Å². The Morgan fingerprint density at radius 2 is 2.05 bits per heavy atom. The average Bonchev–Trinajstić information content (AvgIpc) is 2.91. The van der Waals surface area contributed by atoms with E-state index in [0.717, 1.165) is 15.9 Å². The van der Waals surface area contributed by atoms with Crippen molar-refractivity contribution >= 4 is 33.0 Å². The lowest BCUT2D eigenvalue weighted by molar-refractivity contribution is 0.412. The molecular formula is C15H18BrNOS. The van der Waals surface area contributed by atoms with E-state index in [1.807, 2.05) is 12.1 Å². The van der Waals surface area contributed by atoms with E-state index < -0.39 is 0 Å². The van der Waals surface area contributed by atoms with Gasteiger partial charge >= 0.3 is 0 Å². The molecule has 1 N–H and O–H groups in total. The standard InChI is InChI=1S/C15H18BrNOS/c1-10(2)15(14-5-4-8-19-14)17-11-6-7-12(16)13(9-11)18-3/h4-10,15,17H,1-3H3. The molecule has 0 saturated heterocycles. The summed E-state index contributed by atoms with van der Waals surface area (Å²) >= 11 is 5.26. The molecule has 0 bridgehead atoms. The Hall–Kier alpha value is -1.00. The van der Waals surface area contributed by atoms with Crippen LogP contribution in [0.4, 0.5) is 5.69 Å². The van der Waals surface area contributed by atoms with Gasteiger partial charge < -0.3 is 10.1 Å². The molecule has 1 atom stereocenters. The van der Waals surface area contributed by atoms with Gasteiger partial charge in [0.15, 0.2) is 0 Å². The van der Waals surface area contributed by atoms with E-state index in [2.05, 4.69) is 58.7 Å². The Balaban J connectivity index is 2.22. The number of halogens is 1. The molecule has 0 aliphatic heterocycles. The Bertz CT molecular complexity index is 525. The highest BCUT2D eigenvalue weighted by atomic mass is 79.9. The Morgan fingerprint density at radius 3 is 2.63 bits per heavy atom. The lowest BCUT2D eigenvalue weighted by Crippen LogP contribution is -2.15. The minimum absolute atomic E-state index is 0.325. The number of ether oxygens (including phenoxy) is 1. The molecule has 19 heavy (non-hydrogen) atoms. The molecule has 0 aliphatic rings. The third kappa shape index (κ3) is 3.51. The lowest BCUT2D eigenvalue weighted by Gasteiger charge is -2.23. The van der Waals surface area contributed by atoms with Gasteiger partial charge in [-0.2, -0.15) is 0 Å². The number of methoxy groups -OCH3 is 1. The van der Waals surface area contributed by atoms with Gasteiger partial charge in [-0.05, 0) is 45.4 Å². The van der Waals surface area contributed by atoms with Gasteiger partial charge in [0.05, 0.1) is 17.6 Å². The van der Waals surface area contributed by atoms with Gasteiger partial charge in [-0.25, -0.2) is 0 Å². The number of hydrogen-bond donors (Lipinski definition) is 1. The summed E-state index contributed by atoms with van der Waals surface area (Å²) in [5.41, 5.74) is 1.08. The molecule has 1 heterocycles. The first-order valence-corrected chi connectivity index (χ1v) is 7.92. The summed E-state index contributed by atoms with van der Waals surface area (Å²) in [6.45, 7) is 4.46. The number of nitrogens with one attached hydrogen (secondary N) is 1. The number of thiophene rings is 1. The molecule has 0 radical (unpaired) electrons. The normalized spacial score (nSPS) is 12.5. The largest absolute Gasteiger partial charge is 0.495 e. The highest BCUT2D eigenvalue weighted by Crippen LogP contribution is 2.33. The van der Waals surface area contributed by atoms with Crippen LogP contribution in [-0.4, -0.2) is 7.11 Å². The predicted molar refractivity (Wildman–Crippen MR) is 86.2 cm³/mol. The van der Waals surface area contributed by atoms with Crippen molar-refractivity contribution in [1.29, 1.82) is 0 Å². The van der Waals surface area contributed by atoms with Gasteiger partial charge in [-0.1, -0.05) is 19.9 Å². The van der Waals surface area contributed by atoms with Crippen LogP contribution >= 0.6 is 27.3 Å². The summed E-state index contributed by atoms with van der Waals surface area (Å²) in [6, 6.07) is 10.7. The topological polar surface area (TPSA) is 21.3 Å². The van der Waals surface area contributed by atoms with Crippen LogP contribution in [0.15, 0.2) is 40.2 Å². The first-order chi connectivity index (χ1) is 9.11. The number of anilines is 1. The zero-order valence-corrected chi connectivity index (χ0v) is 13.7. The molecule has 1 unspecified atom stereocenters. The van der Waals surface area contributed by atoms with E-state index in [1.165, 1.54) is 4.88 Å². The van der Waals surface area contributed by atoms with Crippen molar-refractivity contribution in [1.82, 2.24) is 0 Å². The van der Waals surface area contributed by atoms with Crippen molar-refractivity contribution in [2.75, 3.05) is 12.4 Å². The first kappa shape index (κ1) is 14.4. The quantitative estimate of drug-likeness (QED) is 0.794. The van der Waals surface area contributed by atoms with E-state index in [-0.39, 0.29) is 0 Å². The van der Waals surface area contributed by atoms with E-state index in [4.69, 9.17) is 4.74 Å².